The first kappa shape index (κ1) is 8.26. The van der Waals surface area contributed by atoms with Crippen LogP contribution >= 0.6 is 0 Å². The number of rotatable bonds is 2. The van der Waals surface area contributed by atoms with Gasteiger partial charge in [0.15, 0.2) is 0 Å². The van der Waals surface area contributed by atoms with Crippen molar-refractivity contribution < 1.29 is 9.90 Å². The molecule has 1 aromatic carbocycles. The molecular formula is C10H11NO2. The molecule has 1 unspecified atom stereocenters. The molecule has 1 aliphatic rings. The Morgan fingerprint density at radius 1 is 1.38 bits per heavy atom. The largest absolute Gasteiger partial charge is 0.396 e. The van der Waals surface area contributed by atoms with Crippen LogP contribution in [0.4, 0.5) is 0 Å². The van der Waals surface area contributed by atoms with E-state index in [1.807, 2.05) is 24.3 Å². The van der Waals surface area contributed by atoms with Crippen molar-refractivity contribution in [2.45, 2.75) is 12.5 Å². The van der Waals surface area contributed by atoms with Gasteiger partial charge in [-0.25, -0.2) is 0 Å². The third kappa shape index (κ3) is 1.31. The summed E-state index contributed by atoms with van der Waals surface area (Å²) in [5.74, 6) is -0.0333. The fourth-order valence-electron chi connectivity index (χ4n) is 1.68. The maximum atomic E-state index is 11.4. The van der Waals surface area contributed by atoms with Crippen LogP contribution in [-0.2, 0) is 0 Å². The maximum absolute atomic E-state index is 11.4. The molecular weight excluding hydrogens is 166 g/mol. The first-order valence-electron chi connectivity index (χ1n) is 4.33. The molecule has 0 saturated heterocycles. The number of carbonyl (C=O) groups is 1. The highest BCUT2D eigenvalue weighted by Crippen LogP contribution is 2.26. The molecule has 0 spiro atoms. The molecule has 1 heterocycles. The van der Waals surface area contributed by atoms with Crippen molar-refractivity contribution in [3.05, 3.63) is 35.4 Å². The zero-order valence-electron chi connectivity index (χ0n) is 7.16. The van der Waals surface area contributed by atoms with E-state index in [1.54, 1.807) is 0 Å². The van der Waals surface area contributed by atoms with E-state index >= 15 is 0 Å². The van der Waals surface area contributed by atoms with E-state index in [-0.39, 0.29) is 18.6 Å². The van der Waals surface area contributed by atoms with Gasteiger partial charge in [0.2, 0.25) is 0 Å². The second-order valence-corrected chi connectivity index (χ2v) is 3.13. The predicted octanol–water partition coefficient (Wildman–Crippen LogP) is 0.853. The molecule has 1 amide bonds. The molecule has 2 N–H and O–H groups in total. The predicted molar refractivity (Wildman–Crippen MR) is 48.4 cm³/mol. The number of benzene rings is 1. The van der Waals surface area contributed by atoms with Crippen LogP contribution in [0.15, 0.2) is 24.3 Å². The van der Waals surface area contributed by atoms with Crippen molar-refractivity contribution in [2.24, 2.45) is 0 Å². The SMILES string of the molecule is O=C1NC(CCO)c2ccccc21. The fourth-order valence-corrected chi connectivity index (χ4v) is 1.68. The number of aliphatic hydroxyl groups excluding tert-OH is 1. The number of carbonyl (C=O) groups excluding carboxylic acids is 1. The van der Waals surface area contributed by atoms with Gasteiger partial charge in [0.25, 0.3) is 5.91 Å². The lowest BCUT2D eigenvalue weighted by Gasteiger charge is -2.08. The van der Waals surface area contributed by atoms with Crippen LogP contribution < -0.4 is 5.32 Å². The van der Waals surface area contributed by atoms with E-state index in [4.69, 9.17) is 5.11 Å². The Labute approximate surface area is 76.4 Å². The van der Waals surface area contributed by atoms with Crippen molar-refractivity contribution in [1.29, 1.82) is 0 Å². The first-order valence-corrected chi connectivity index (χ1v) is 4.33. The third-order valence-electron chi connectivity index (χ3n) is 2.30. The van der Waals surface area contributed by atoms with Crippen LogP contribution in [-0.4, -0.2) is 17.6 Å². The van der Waals surface area contributed by atoms with Crippen LogP contribution in [0.5, 0.6) is 0 Å². The molecule has 0 saturated carbocycles. The highest BCUT2D eigenvalue weighted by atomic mass is 16.3. The standard InChI is InChI=1S/C10H11NO2/c12-6-5-9-7-3-1-2-4-8(7)10(13)11-9/h1-4,9,12H,5-6H2,(H,11,13). The molecule has 68 valence electrons. The van der Waals surface area contributed by atoms with Gasteiger partial charge in [-0.1, -0.05) is 18.2 Å². The maximum Gasteiger partial charge on any atom is 0.252 e. The Bertz CT molecular complexity index is 335. The minimum atomic E-state index is -0.0333. The van der Waals surface area contributed by atoms with Crippen LogP contribution in [0.2, 0.25) is 0 Å². The van der Waals surface area contributed by atoms with Gasteiger partial charge in [-0.3, -0.25) is 4.79 Å². The zero-order chi connectivity index (χ0) is 9.26. The highest BCUT2D eigenvalue weighted by molar-refractivity contribution is 5.99. The molecule has 1 aliphatic heterocycles. The summed E-state index contributed by atoms with van der Waals surface area (Å²) in [4.78, 5) is 11.4. The summed E-state index contributed by atoms with van der Waals surface area (Å²) in [5.41, 5.74) is 1.74. The summed E-state index contributed by atoms with van der Waals surface area (Å²) >= 11 is 0. The van der Waals surface area contributed by atoms with Gasteiger partial charge < -0.3 is 10.4 Å². The lowest BCUT2D eigenvalue weighted by molar-refractivity contribution is 0.0952. The summed E-state index contributed by atoms with van der Waals surface area (Å²) in [7, 11) is 0. The summed E-state index contributed by atoms with van der Waals surface area (Å²) in [6, 6.07) is 7.48. The van der Waals surface area contributed by atoms with Crippen molar-refractivity contribution in [2.75, 3.05) is 6.61 Å². The second kappa shape index (κ2) is 3.18. The van der Waals surface area contributed by atoms with Crippen molar-refractivity contribution in [3.8, 4) is 0 Å². The summed E-state index contributed by atoms with van der Waals surface area (Å²) in [5, 5.41) is 11.6. The molecule has 3 heteroatoms. The molecule has 1 aromatic rings. The summed E-state index contributed by atoms with van der Waals surface area (Å²) in [6.07, 6.45) is 0.586. The molecule has 1 atom stereocenters. The monoisotopic (exact) mass is 177 g/mol. The average molecular weight is 177 g/mol. The Morgan fingerprint density at radius 2 is 2.15 bits per heavy atom. The molecule has 3 nitrogen and oxygen atoms in total. The number of amides is 1. The summed E-state index contributed by atoms with van der Waals surface area (Å²) in [6.45, 7) is 0.0965. The molecule has 2 rings (SSSR count). The number of hydrogen-bond acceptors (Lipinski definition) is 2. The minimum absolute atomic E-state index is 0.00583. The number of nitrogens with one attached hydrogen (secondary N) is 1. The number of hydrogen-bond donors (Lipinski definition) is 2. The molecule has 0 aliphatic carbocycles. The van der Waals surface area contributed by atoms with E-state index in [2.05, 4.69) is 5.32 Å². The normalized spacial score (nSPS) is 19.8. The first-order chi connectivity index (χ1) is 6.33. The lowest BCUT2D eigenvalue weighted by Crippen LogP contribution is -2.19. The van der Waals surface area contributed by atoms with E-state index in [0.29, 0.717) is 6.42 Å². The zero-order valence-corrected chi connectivity index (χ0v) is 7.16. The molecule has 13 heavy (non-hydrogen) atoms. The van der Waals surface area contributed by atoms with E-state index in [1.165, 1.54) is 0 Å². The number of aliphatic hydroxyl groups is 1. The van der Waals surface area contributed by atoms with Crippen molar-refractivity contribution in [3.63, 3.8) is 0 Å². The molecule has 0 aromatic heterocycles. The second-order valence-electron chi connectivity index (χ2n) is 3.13. The molecule has 0 radical (unpaired) electrons. The topological polar surface area (TPSA) is 49.3 Å². The van der Waals surface area contributed by atoms with Crippen molar-refractivity contribution in [1.82, 2.24) is 5.32 Å². The van der Waals surface area contributed by atoms with Gasteiger partial charge in [0, 0.05) is 12.2 Å². The van der Waals surface area contributed by atoms with E-state index < -0.39 is 0 Å². The van der Waals surface area contributed by atoms with E-state index in [0.717, 1.165) is 11.1 Å². The van der Waals surface area contributed by atoms with Gasteiger partial charge >= 0.3 is 0 Å². The Morgan fingerprint density at radius 3 is 2.92 bits per heavy atom. The van der Waals surface area contributed by atoms with Crippen LogP contribution in [0.3, 0.4) is 0 Å². The average Bonchev–Trinajstić information content (AvgIpc) is 2.46. The van der Waals surface area contributed by atoms with Crippen LogP contribution in [0.1, 0.15) is 28.4 Å². The quantitative estimate of drug-likeness (QED) is 0.703. The van der Waals surface area contributed by atoms with Crippen LogP contribution in [0.25, 0.3) is 0 Å². The van der Waals surface area contributed by atoms with Crippen LogP contribution in [0, 0.1) is 0 Å². The summed E-state index contributed by atoms with van der Waals surface area (Å²) < 4.78 is 0. The molecule has 0 fully saturated rings. The van der Waals surface area contributed by atoms with Gasteiger partial charge in [0.1, 0.15) is 0 Å². The Balaban J connectivity index is 2.36. The smallest absolute Gasteiger partial charge is 0.252 e. The number of fused-ring (bicyclic) bond motifs is 1. The van der Waals surface area contributed by atoms with E-state index in [9.17, 15) is 4.79 Å². The third-order valence-corrected chi connectivity index (χ3v) is 2.30. The lowest BCUT2D eigenvalue weighted by atomic mass is 10.0. The van der Waals surface area contributed by atoms with Gasteiger partial charge in [-0.2, -0.15) is 0 Å². The minimum Gasteiger partial charge on any atom is -0.396 e. The molecule has 0 bridgehead atoms. The fraction of sp³-hybridized carbons (Fsp3) is 0.300. The highest BCUT2D eigenvalue weighted by Gasteiger charge is 2.26. The Hall–Kier alpha value is -1.35. The van der Waals surface area contributed by atoms with Gasteiger partial charge in [-0.15, -0.1) is 0 Å². The van der Waals surface area contributed by atoms with Gasteiger partial charge in [0.05, 0.1) is 6.04 Å². The van der Waals surface area contributed by atoms with Gasteiger partial charge in [-0.05, 0) is 18.1 Å². The Kier molecular flexibility index (Phi) is 2.02. The van der Waals surface area contributed by atoms with Crippen molar-refractivity contribution >= 4 is 5.91 Å².